The molecule has 0 aromatic carbocycles. The molecule has 0 aromatic heterocycles. The molecule has 0 aliphatic heterocycles. The van der Waals surface area contributed by atoms with Gasteiger partial charge >= 0.3 is 0 Å². The standard InChI is InChI=1S/C7H14F2S3/c1-11-12(2,10)6-3-4-7(8,9)5-6/h6,10H,3-5H2,1-2H3. The second kappa shape index (κ2) is 3.58. The molecule has 0 aromatic rings. The highest BCUT2D eigenvalue weighted by atomic mass is 33.5. The molecule has 1 aliphatic rings. The number of hydrogen-bond acceptors (Lipinski definition) is 2. The zero-order valence-electron chi connectivity index (χ0n) is 7.22. The third kappa shape index (κ3) is 2.45. The Morgan fingerprint density at radius 2 is 2.17 bits per heavy atom. The summed E-state index contributed by atoms with van der Waals surface area (Å²) in [6.07, 6.45) is 4.71. The van der Waals surface area contributed by atoms with Gasteiger partial charge < -0.3 is 0 Å². The van der Waals surface area contributed by atoms with Crippen molar-refractivity contribution in [2.75, 3.05) is 12.5 Å². The Balaban J connectivity index is 2.58. The molecule has 0 bridgehead atoms. The van der Waals surface area contributed by atoms with Gasteiger partial charge in [0.15, 0.2) is 0 Å². The highest BCUT2D eigenvalue weighted by molar-refractivity contribution is 9.21. The van der Waals surface area contributed by atoms with Gasteiger partial charge in [-0.1, -0.05) is 0 Å². The first-order valence-electron chi connectivity index (χ1n) is 3.80. The van der Waals surface area contributed by atoms with E-state index in [1.54, 1.807) is 10.8 Å². The lowest BCUT2D eigenvalue weighted by Crippen LogP contribution is -2.13. The zero-order valence-corrected chi connectivity index (χ0v) is 9.75. The zero-order chi connectivity index (χ0) is 9.41. The molecule has 0 spiro atoms. The summed E-state index contributed by atoms with van der Waals surface area (Å²) in [7, 11) is 0.501. The molecule has 0 radical (unpaired) electrons. The largest absolute Gasteiger partial charge is 0.249 e. The van der Waals surface area contributed by atoms with Gasteiger partial charge in [-0.05, 0) is 18.9 Å². The Kier molecular flexibility index (Phi) is 3.27. The maximum Gasteiger partial charge on any atom is 0.249 e. The van der Waals surface area contributed by atoms with Crippen LogP contribution in [0.25, 0.3) is 0 Å². The molecule has 12 heavy (non-hydrogen) atoms. The van der Waals surface area contributed by atoms with Crippen molar-refractivity contribution < 1.29 is 8.78 Å². The maximum atomic E-state index is 12.8. The lowest BCUT2D eigenvalue weighted by atomic mass is 10.3. The highest BCUT2D eigenvalue weighted by Crippen LogP contribution is 2.68. The lowest BCUT2D eigenvalue weighted by Gasteiger charge is -2.33. The first-order chi connectivity index (χ1) is 5.37. The fourth-order valence-electron chi connectivity index (χ4n) is 1.42. The van der Waals surface area contributed by atoms with E-state index in [2.05, 4.69) is 11.7 Å². The molecule has 1 aliphatic carbocycles. The summed E-state index contributed by atoms with van der Waals surface area (Å²) in [5, 5.41) is 0.130. The van der Waals surface area contributed by atoms with E-state index in [-0.39, 0.29) is 18.1 Å². The van der Waals surface area contributed by atoms with Crippen LogP contribution in [0.5, 0.6) is 0 Å². The van der Waals surface area contributed by atoms with E-state index in [1.807, 2.05) is 12.5 Å². The molecule has 0 amide bonds. The number of halogens is 2. The van der Waals surface area contributed by atoms with Gasteiger partial charge in [-0.2, -0.15) is 0 Å². The summed E-state index contributed by atoms with van der Waals surface area (Å²) in [4.78, 5) is 0. The number of thiol groups is 1. The van der Waals surface area contributed by atoms with E-state index in [9.17, 15) is 8.78 Å². The minimum atomic E-state index is -2.42. The summed E-state index contributed by atoms with van der Waals surface area (Å²) in [6.45, 7) is 0. The van der Waals surface area contributed by atoms with Crippen LogP contribution in [-0.2, 0) is 0 Å². The van der Waals surface area contributed by atoms with Gasteiger partial charge in [-0.3, -0.25) is 0 Å². The molecule has 2 atom stereocenters. The molecular formula is C7H14F2S3. The van der Waals surface area contributed by atoms with E-state index in [1.165, 1.54) is 0 Å². The SMILES string of the molecule is CSS(C)(S)C1CCC(F)(F)C1. The quantitative estimate of drug-likeness (QED) is 0.559. The normalized spacial score (nSPS) is 35.9. The van der Waals surface area contributed by atoms with Gasteiger partial charge in [-0.25, -0.2) is 8.78 Å². The second-order valence-electron chi connectivity index (χ2n) is 3.25. The summed E-state index contributed by atoms with van der Waals surface area (Å²) in [6, 6.07) is 0. The molecule has 0 nitrogen and oxygen atoms in total. The maximum absolute atomic E-state index is 12.8. The van der Waals surface area contributed by atoms with E-state index in [4.69, 9.17) is 0 Å². The third-order valence-electron chi connectivity index (χ3n) is 2.31. The summed E-state index contributed by atoms with van der Waals surface area (Å²) >= 11 is 4.47. The molecule has 5 heteroatoms. The molecule has 1 saturated carbocycles. The molecule has 0 heterocycles. The summed E-state index contributed by atoms with van der Waals surface area (Å²) < 4.78 is 25.7. The average molecular weight is 232 g/mol. The van der Waals surface area contributed by atoms with Gasteiger partial charge in [-0.15, -0.1) is 30.5 Å². The first kappa shape index (κ1) is 11.0. The van der Waals surface area contributed by atoms with Crippen molar-refractivity contribution in [3.8, 4) is 0 Å². The van der Waals surface area contributed by atoms with Gasteiger partial charge in [0, 0.05) is 18.1 Å². The average Bonchev–Trinajstić information content (AvgIpc) is 2.31. The van der Waals surface area contributed by atoms with Gasteiger partial charge in [0.25, 0.3) is 0 Å². The fourth-order valence-corrected chi connectivity index (χ4v) is 4.65. The third-order valence-corrected chi connectivity index (χ3v) is 9.71. The predicted octanol–water partition coefficient (Wildman–Crippen LogP) is 3.73. The molecular weight excluding hydrogens is 218 g/mol. The Labute approximate surface area is 82.4 Å². The highest BCUT2D eigenvalue weighted by Gasteiger charge is 2.44. The van der Waals surface area contributed by atoms with Crippen molar-refractivity contribution in [2.45, 2.75) is 30.4 Å². The van der Waals surface area contributed by atoms with Crippen LogP contribution in [0.2, 0.25) is 0 Å². The lowest BCUT2D eigenvalue weighted by molar-refractivity contribution is 0.00976. The van der Waals surface area contributed by atoms with Crippen molar-refractivity contribution in [2.24, 2.45) is 0 Å². The van der Waals surface area contributed by atoms with Crippen molar-refractivity contribution in [1.82, 2.24) is 0 Å². The monoisotopic (exact) mass is 232 g/mol. The smallest absolute Gasteiger partial charge is 0.207 e. The van der Waals surface area contributed by atoms with Crippen LogP contribution < -0.4 is 0 Å². The van der Waals surface area contributed by atoms with Crippen LogP contribution in [0.15, 0.2) is 0 Å². The van der Waals surface area contributed by atoms with Crippen LogP contribution in [-0.4, -0.2) is 23.7 Å². The second-order valence-corrected chi connectivity index (χ2v) is 12.1. The van der Waals surface area contributed by atoms with Crippen LogP contribution in [0.1, 0.15) is 19.3 Å². The van der Waals surface area contributed by atoms with E-state index in [0.29, 0.717) is 6.42 Å². The molecule has 0 saturated heterocycles. The van der Waals surface area contributed by atoms with Gasteiger partial charge in [0.05, 0.1) is 0 Å². The Morgan fingerprint density at radius 3 is 2.50 bits per heavy atom. The number of hydrogen-bond donors (Lipinski definition) is 1. The minimum absolute atomic E-state index is 0.0448. The number of alkyl halides is 2. The Morgan fingerprint density at radius 1 is 1.58 bits per heavy atom. The molecule has 74 valence electrons. The molecule has 1 rings (SSSR count). The first-order valence-corrected chi connectivity index (χ1v) is 8.70. The van der Waals surface area contributed by atoms with Crippen molar-refractivity contribution in [3.05, 3.63) is 0 Å². The predicted molar refractivity (Wildman–Crippen MR) is 58.6 cm³/mol. The van der Waals surface area contributed by atoms with Gasteiger partial charge in [0.1, 0.15) is 0 Å². The van der Waals surface area contributed by atoms with Crippen LogP contribution in [0, 0.1) is 0 Å². The van der Waals surface area contributed by atoms with Crippen LogP contribution >= 0.6 is 30.5 Å². The summed E-state index contributed by atoms with van der Waals surface area (Å²) in [5.41, 5.74) is 0. The van der Waals surface area contributed by atoms with Crippen molar-refractivity contribution in [1.29, 1.82) is 0 Å². The molecule has 2 unspecified atom stereocenters. The van der Waals surface area contributed by atoms with Crippen molar-refractivity contribution >= 4 is 30.5 Å². The van der Waals surface area contributed by atoms with E-state index in [0.717, 1.165) is 0 Å². The summed E-state index contributed by atoms with van der Waals surface area (Å²) in [5.74, 6) is -2.42. The number of rotatable bonds is 2. The fraction of sp³-hybridized carbons (Fsp3) is 1.00. The van der Waals surface area contributed by atoms with E-state index >= 15 is 0 Å². The Hall–Kier alpha value is 0.910. The molecule has 1 fully saturated rings. The molecule has 0 N–H and O–H groups in total. The topological polar surface area (TPSA) is 0 Å². The van der Waals surface area contributed by atoms with Crippen LogP contribution in [0.4, 0.5) is 8.78 Å². The minimum Gasteiger partial charge on any atom is -0.207 e. The van der Waals surface area contributed by atoms with Crippen LogP contribution in [0.3, 0.4) is 0 Å². The Bertz CT molecular complexity index is 170. The van der Waals surface area contributed by atoms with Crippen molar-refractivity contribution in [3.63, 3.8) is 0 Å². The van der Waals surface area contributed by atoms with Gasteiger partial charge in [0.2, 0.25) is 5.92 Å². The van der Waals surface area contributed by atoms with E-state index < -0.39 is 14.0 Å².